The van der Waals surface area contributed by atoms with Crippen molar-refractivity contribution in [3.05, 3.63) is 40.8 Å². The van der Waals surface area contributed by atoms with E-state index in [0.717, 1.165) is 11.2 Å². The highest BCUT2D eigenvalue weighted by Gasteiger charge is 2.52. The lowest BCUT2D eigenvalue weighted by molar-refractivity contribution is 0.00578. The minimum atomic E-state index is -0.309. The Morgan fingerprint density at radius 1 is 1.10 bits per heavy atom. The molecule has 0 aliphatic carbocycles. The molecule has 1 aromatic rings. The zero-order valence-corrected chi connectivity index (χ0v) is 14.7. The predicted octanol–water partition coefficient (Wildman–Crippen LogP) is 4.72. The van der Waals surface area contributed by atoms with Crippen LogP contribution in [0.2, 0.25) is 0 Å². The van der Waals surface area contributed by atoms with Crippen LogP contribution in [-0.2, 0) is 9.31 Å². The van der Waals surface area contributed by atoms with Crippen molar-refractivity contribution in [1.29, 1.82) is 0 Å². The van der Waals surface area contributed by atoms with Crippen molar-refractivity contribution < 1.29 is 9.31 Å². The fourth-order valence-corrected chi connectivity index (χ4v) is 2.74. The molecule has 0 N–H and O–H groups in total. The van der Waals surface area contributed by atoms with Crippen LogP contribution in [0, 0.1) is 6.92 Å². The first-order valence-electron chi connectivity index (χ1n) is 7.51. The Morgan fingerprint density at radius 2 is 1.62 bits per heavy atom. The fraction of sp³-hybridized carbons (Fsp3) is 0.529. The summed E-state index contributed by atoms with van der Waals surface area (Å²) in [5.74, 6) is 1.04. The van der Waals surface area contributed by atoms with Crippen molar-refractivity contribution in [2.45, 2.75) is 52.7 Å². The summed E-state index contributed by atoms with van der Waals surface area (Å²) >= 11 is 1.78. The summed E-state index contributed by atoms with van der Waals surface area (Å²) in [4.78, 5) is 0. The summed E-state index contributed by atoms with van der Waals surface area (Å²) in [5.41, 5.74) is 2.92. The van der Waals surface area contributed by atoms with Crippen LogP contribution in [0.5, 0.6) is 0 Å². The van der Waals surface area contributed by atoms with Crippen molar-refractivity contribution in [3.8, 4) is 0 Å². The van der Waals surface area contributed by atoms with Crippen molar-refractivity contribution in [1.82, 2.24) is 0 Å². The van der Waals surface area contributed by atoms with Crippen LogP contribution in [0.25, 0.3) is 5.47 Å². The average molecular weight is 304 g/mol. The summed E-state index contributed by atoms with van der Waals surface area (Å²) in [6.07, 6.45) is 0. The smallest absolute Gasteiger partial charge is 0.399 e. The van der Waals surface area contributed by atoms with Crippen LogP contribution >= 0.6 is 11.8 Å². The van der Waals surface area contributed by atoms with Crippen molar-refractivity contribution in [3.63, 3.8) is 0 Å². The first-order valence-corrected chi connectivity index (χ1v) is 8.56. The lowest BCUT2D eigenvalue weighted by atomic mass is 9.75. The van der Waals surface area contributed by atoms with E-state index in [1.54, 1.807) is 11.8 Å². The molecule has 0 radical (unpaired) electrons. The molecule has 1 heterocycles. The van der Waals surface area contributed by atoms with Crippen molar-refractivity contribution >= 4 is 24.4 Å². The fourth-order valence-electron chi connectivity index (χ4n) is 2.15. The Labute approximate surface area is 133 Å². The molecule has 1 saturated heterocycles. The van der Waals surface area contributed by atoms with Crippen LogP contribution in [-0.4, -0.2) is 24.1 Å². The molecule has 1 aliphatic heterocycles. The van der Waals surface area contributed by atoms with Crippen molar-refractivity contribution in [2.24, 2.45) is 0 Å². The van der Waals surface area contributed by atoms with E-state index in [9.17, 15) is 0 Å². The van der Waals surface area contributed by atoms with Gasteiger partial charge in [-0.1, -0.05) is 36.8 Å². The van der Waals surface area contributed by atoms with E-state index in [2.05, 4.69) is 71.2 Å². The second-order valence-electron chi connectivity index (χ2n) is 6.48. The van der Waals surface area contributed by atoms with E-state index in [1.807, 2.05) is 0 Å². The third-order valence-electron chi connectivity index (χ3n) is 4.27. The van der Waals surface area contributed by atoms with Gasteiger partial charge in [-0.25, -0.2) is 0 Å². The van der Waals surface area contributed by atoms with Crippen LogP contribution in [0.15, 0.2) is 29.7 Å². The summed E-state index contributed by atoms with van der Waals surface area (Å²) in [7, 11) is -0.309. The molecule has 1 aromatic carbocycles. The molecule has 1 fully saturated rings. The molecule has 0 saturated carbocycles. The number of aryl methyl sites for hydroxylation is 1. The minimum absolute atomic E-state index is 0.307. The lowest BCUT2D eigenvalue weighted by Crippen LogP contribution is -2.41. The van der Waals surface area contributed by atoms with Gasteiger partial charge in [-0.2, -0.15) is 0 Å². The molecule has 4 heteroatoms. The normalized spacial score (nSPS) is 20.9. The first kappa shape index (κ1) is 16.7. The van der Waals surface area contributed by atoms with Crippen LogP contribution in [0.3, 0.4) is 0 Å². The molecule has 0 atom stereocenters. The second-order valence-corrected chi connectivity index (χ2v) is 7.63. The summed E-state index contributed by atoms with van der Waals surface area (Å²) < 4.78 is 12.4. The Hall–Kier alpha value is -0.705. The molecular weight excluding hydrogens is 279 g/mol. The molecule has 2 rings (SSSR count). The Kier molecular flexibility index (Phi) is 4.91. The molecule has 1 aliphatic rings. The molecule has 2 nitrogen and oxygen atoms in total. The van der Waals surface area contributed by atoms with Gasteiger partial charge >= 0.3 is 7.12 Å². The summed E-state index contributed by atoms with van der Waals surface area (Å²) in [5, 5.41) is 2.17. The Balaban J connectivity index is 2.32. The van der Waals surface area contributed by atoms with E-state index >= 15 is 0 Å². The van der Waals surface area contributed by atoms with E-state index in [4.69, 9.17) is 9.31 Å². The maximum Gasteiger partial charge on any atom is 0.495 e. The molecule has 0 spiro atoms. The number of hydrogen-bond donors (Lipinski definition) is 0. The van der Waals surface area contributed by atoms with Gasteiger partial charge in [-0.05, 0) is 56.8 Å². The van der Waals surface area contributed by atoms with Gasteiger partial charge in [-0.3, -0.25) is 0 Å². The van der Waals surface area contributed by atoms with Gasteiger partial charge in [0.2, 0.25) is 0 Å². The van der Waals surface area contributed by atoms with E-state index < -0.39 is 0 Å². The largest absolute Gasteiger partial charge is 0.495 e. The van der Waals surface area contributed by atoms with Gasteiger partial charge in [0.1, 0.15) is 0 Å². The van der Waals surface area contributed by atoms with Gasteiger partial charge < -0.3 is 9.31 Å². The standard InChI is InChI=1S/C17H25BO2S/c1-7-21-12-15(14-10-8-13(2)9-11-14)18-19-16(3,4)17(5,6)20-18/h8-12H,7H2,1-6H3/b15-12-. The SMILES string of the molecule is CCS/C=C(\B1OC(C)(C)C(C)(C)O1)c1ccc(C)cc1. The average Bonchev–Trinajstić information content (AvgIpc) is 2.61. The van der Waals surface area contributed by atoms with Crippen LogP contribution in [0.1, 0.15) is 45.7 Å². The molecule has 0 bridgehead atoms. The first-order chi connectivity index (χ1) is 9.77. The molecular formula is C17H25BO2S. The highest BCUT2D eigenvalue weighted by molar-refractivity contribution is 8.02. The van der Waals surface area contributed by atoms with Gasteiger partial charge in [0.25, 0.3) is 0 Å². The third-order valence-corrected chi connectivity index (χ3v) is 5.02. The molecule has 0 aromatic heterocycles. The molecule has 0 unspecified atom stereocenters. The van der Waals surface area contributed by atoms with Crippen molar-refractivity contribution in [2.75, 3.05) is 5.75 Å². The minimum Gasteiger partial charge on any atom is -0.399 e. The number of hydrogen-bond acceptors (Lipinski definition) is 3. The highest BCUT2D eigenvalue weighted by atomic mass is 32.2. The quantitative estimate of drug-likeness (QED) is 0.750. The zero-order chi connectivity index (χ0) is 15.7. The topological polar surface area (TPSA) is 18.5 Å². The van der Waals surface area contributed by atoms with Crippen LogP contribution in [0.4, 0.5) is 0 Å². The third kappa shape index (κ3) is 3.55. The molecule has 0 amide bonds. The van der Waals surface area contributed by atoms with Gasteiger partial charge in [-0.15, -0.1) is 11.8 Å². The molecule has 21 heavy (non-hydrogen) atoms. The summed E-state index contributed by atoms with van der Waals surface area (Å²) in [6, 6.07) is 8.54. The maximum absolute atomic E-state index is 6.20. The highest BCUT2D eigenvalue weighted by Crippen LogP contribution is 2.41. The Bertz CT molecular complexity index is 504. The predicted molar refractivity (Wildman–Crippen MR) is 93.4 cm³/mol. The van der Waals surface area contributed by atoms with E-state index in [1.165, 1.54) is 11.1 Å². The molecule has 114 valence electrons. The van der Waals surface area contributed by atoms with Crippen LogP contribution < -0.4 is 0 Å². The number of rotatable bonds is 4. The van der Waals surface area contributed by atoms with E-state index in [0.29, 0.717) is 0 Å². The summed E-state index contributed by atoms with van der Waals surface area (Å²) in [6.45, 7) is 12.6. The Morgan fingerprint density at radius 3 is 2.10 bits per heavy atom. The van der Waals surface area contributed by atoms with Gasteiger partial charge in [0.15, 0.2) is 0 Å². The maximum atomic E-state index is 6.20. The number of thioether (sulfide) groups is 1. The zero-order valence-electron chi connectivity index (χ0n) is 13.9. The van der Waals surface area contributed by atoms with E-state index in [-0.39, 0.29) is 18.3 Å². The van der Waals surface area contributed by atoms with Gasteiger partial charge in [0.05, 0.1) is 11.2 Å². The second kappa shape index (κ2) is 6.19. The monoisotopic (exact) mass is 304 g/mol. The lowest BCUT2D eigenvalue weighted by Gasteiger charge is -2.32. The number of benzene rings is 1. The van der Waals surface area contributed by atoms with Gasteiger partial charge in [0, 0.05) is 0 Å².